The number of hydrogen-bond donors (Lipinski definition) is 1. The van der Waals surface area contributed by atoms with Crippen LogP contribution in [0, 0.1) is 0 Å². The second-order valence-electron chi connectivity index (χ2n) is 5.92. The van der Waals surface area contributed by atoms with Crippen molar-refractivity contribution in [3.8, 4) is 5.75 Å². The first kappa shape index (κ1) is 17.7. The Labute approximate surface area is 152 Å². The fourth-order valence-electron chi connectivity index (χ4n) is 2.97. The van der Waals surface area contributed by atoms with Gasteiger partial charge in [-0.3, -0.25) is 9.69 Å². The molecule has 0 bridgehead atoms. The summed E-state index contributed by atoms with van der Waals surface area (Å²) in [4.78, 5) is 21.0. The smallest absolute Gasteiger partial charge is 0.270 e. The molecule has 3 rings (SSSR count). The molecule has 0 saturated carbocycles. The van der Waals surface area contributed by atoms with Gasteiger partial charge in [-0.25, -0.2) is 4.98 Å². The van der Waals surface area contributed by atoms with Crippen molar-refractivity contribution < 1.29 is 9.53 Å². The van der Waals surface area contributed by atoms with E-state index >= 15 is 0 Å². The van der Waals surface area contributed by atoms with Gasteiger partial charge in [0.15, 0.2) is 0 Å². The number of para-hydroxylation sites is 2. The van der Waals surface area contributed by atoms with E-state index in [0.717, 1.165) is 49.2 Å². The summed E-state index contributed by atoms with van der Waals surface area (Å²) in [6, 6.07) is 8.14. The molecule has 1 aliphatic heterocycles. The van der Waals surface area contributed by atoms with E-state index in [1.807, 2.05) is 30.5 Å². The van der Waals surface area contributed by atoms with Gasteiger partial charge in [0.1, 0.15) is 16.5 Å². The van der Waals surface area contributed by atoms with E-state index in [1.165, 1.54) is 0 Å². The van der Waals surface area contributed by atoms with Crippen LogP contribution in [-0.2, 0) is 6.54 Å². The quantitative estimate of drug-likeness (QED) is 0.856. The van der Waals surface area contributed by atoms with Crippen LogP contribution in [0.15, 0.2) is 29.6 Å². The molecule has 0 radical (unpaired) electrons. The monoisotopic (exact) mass is 360 g/mol. The van der Waals surface area contributed by atoms with Gasteiger partial charge in [0.25, 0.3) is 5.91 Å². The lowest BCUT2D eigenvalue weighted by Crippen LogP contribution is -2.46. The SMILES string of the molecule is CCNC(=O)c1csc(CN2CCN(c3ccccc3OC)CC2)n1. The standard InChI is InChI=1S/C18H24N4O2S/c1-3-19-18(23)14-13-25-17(20-14)12-21-8-10-22(11-9-21)15-6-4-5-7-16(15)24-2/h4-7,13H,3,8-12H2,1-2H3,(H,19,23). The predicted molar refractivity (Wildman–Crippen MR) is 101 cm³/mol. The third-order valence-electron chi connectivity index (χ3n) is 4.28. The minimum Gasteiger partial charge on any atom is -0.495 e. The van der Waals surface area contributed by atoms with E-state index in [-0.39, 0.29) is 5.91 Å². The highest BCUT2D eigenvalue weighted by Crippen LogP contribution is 2.28. The number of nitrogens with zero attached hydrogens (tertiary/aromatic N) is 3. The molecule has 0 spiro atoms. The Bertz CT molecular complexity index is 711. The molecule has 25 heavy (non-hydrogen) atoms. The van der Waals surface area contributed by atoms with E-state index in [9.17, 15) is 4.79 Å². The number of carbonyl (C=O) groups excluding carboxylic acids is 1. The van der Waals surface area contributed by atoms with Gasteiger partial charge in [-0.1, -0.05) is 12.1 Å². The van der Waals surface area contributed by atoms with Crippen LogP contribution in [0.4, 0.5) is 5.69 Å². The van der Waals surface area contributed by atoms with Crippen LogP contribution < -0.4 is 15.0 Å². The number of thiazole rings is 1. The third-order valence-corrected chi connectivity index (χ3v) is 5.11. The number of amides is 1. The second kappa shape index (κ2) is 8.31. The summed E-state index contributed by atoms with van der Waals surface area (Å²) >= 11 is 1.55. The molecule has 0 atom stereocenters. The molecule has 1 N–H and O–H groups in total. The minimum absolute atomic E-state index is 0.0917. The van der Waals surface area contributed by atoms with E-state index in [2.05, 4.69) is 26.2 Å². The first-order chi connectivity index (χ1) is 12.2. The molecule has 1 aromatic heterocycles. The van der Waals surface area contributed by atoms with E-state index in [0.29, 0.717) is 12.2 Å². The molecule has 1 aliphatic rings. The van der Waals surface area contributed by atoms with Crippen molar-refractivity contribution in [3.63, 3.8) is 0 Å². The number of carbonyl (C=O) groups is 1. The zero-order valence-electron chi connectivity index (χ0n) is 14.7. The van der Waals surface area contributed by atoms with Gasteiger partial charge in [0.05, 0.1) is 19.3 Å². The number of nitrogens with one attached hydrogen (secondary N) is 1. The predicted octanol–water partition coefficient (Wildman–Crippen LogP) is 2.22. The van der Waals surface area contributed by atoms with Gasteiger partial charge < -0.3 is 15.0 Å². The van der Waals surface area contributed by atoms with E-state index in [1.54, 1.807) is 18.4 Å². The third kappa shape index (κ3) is 4.29. The lowest BCUT2D eigenvalue weighted by Gasteiger charge is -2.36. The fraction of sp³-hybridized carbons (Fsp3) is 0.444. The van der Waals surface area contributed by atoms with Crippen molar-refractivity contribution in [2.45, 2.75) is 13.5 Å². The summed E-state index contributed by atoms with van der Waals surface area (Å²) in [5.41, 5.74) is 1.67. The van der Waals surface area contributed by atoms with Crippen molar-refractivity contribution in [3.05, 3.63) is 40.3 Å². The van der Waals surface area contributed by atoms with Crippen molar-refractivity contribution in [1.29, 1.82) is 0 Å². The molecule has 1 saturated heterocycles. The van der Waals surface area contributed by atoms with Gasteiger partial charge >= 0.3 is 0 Å². The van der Waals surface area contributed by atoms with Gasteiger partial charge in [-0.2, -0.15) is 0 Å². The van der Waals surface area contributed by atoms with Crippen LogP contribution in [0.25, 0.3) is 0 Å². The van der Waals surface area contributed by atoms with Crippen molar-refractivity contribution in [1.82, 2.24) is 15.2 Å². The Morgan fingerprint density at radius 2 is 2.04 bits per heavy atom. The summed E-state index contributed by atoms with van der Waals surface area (Å²) in [7, 11) is 1.71. The van der Waals surface area contributed by atoms with E-state index in [4.69, 9.17) is 4.74 Å². The number of rotatable bonds is 6. The lowest BCUT2D eigenvalue weighted by atomic mass is 10.2. The maximum Gasteiger partial charge on any atom is 0.270 e. The zero-order chi connectivity index (χ0) is 17.6. The number of hydrogen-bond acceptors (Lipinski definition) is 6. The van der Waals surface area contributed by atoms with Gasteiger partial charge in [-0.05, 0) is 19.1 Å². The molecule has 1 fully saturated rings. The largest absolute Gasteiger partial charge is 0.495 e. The van der Waals surface area contributed by atoms with Gasteiger partial charge in [-0.15, -0.1) is 11.3 Å². The Morgan fingerprint density at radius 3 is 2.76 bits per heavy atom. The molecule has 1 amide bonds. The van der Waals surface area contributed by atoms with Crippen molar-refractivity contribution in [2.24, 2.45) is 0 Å². The number of methoxy groups -OCH3 is 1. The number of piperazine rings is 1. The highest BCUT2D eigenvalue weighted by atomic mass is 32.1. The van der Waals surface area contributed by atoms with Crippen LogP contribution >= 0.6 is 11.3 Å². The van der Waals surface area contributed by atoms with Crippen LogP contribution in [0.5, 0.6) is 5.75 Å². The number of aromatic nitrogens is 1. The van der Waals surface area contributed by atoms with Gasteiger partial charge in [0, 0.05) is 38.1 Å². The maximum atomic E-state index is 11.8. The Hall–Kier alpha value is -2.12. The summed E-state index contributed by atoms with van der Waals surface area (Å²) in [5.74, 6) is 0.827. The normalized spacial score (nSPS) is 15.2. The highest BCUT2D eigenvalue weighted by Gasteiger charge is 2.20. The zero-order valence-corrected chi connectivity index (χ0v) is 15.5. The Balaban J connectivity index is 1.55. The summed E-state index contributed by atoms with van der Waals surface area (Å²) in [5, 5.41) is 5.62. The molecular formula is C18H24N4O2S. The average Bonchev–Trinajstić information content (AvgIpc) is 3.11. The molecule has 2 heterocycles. The number of ether oxygens (including phenoxy) is 1. The maximum absolute atomic E-state index is 11.8. The molecule has 1 aromatic carbocycles. The second-order valence-corrected chi connectivity index (χ2v) is 6.86. The topological polar surface area (TPSA) is 57.7 Å². The summed E-state index contributed by atoms with van der Waals surface area (Å²) in [6.45, 7) is 7.17. The molecule has 6 nitrogen and oxygen atoms in total. The first-order valence-corrected chi connectivity index (χ1v) is 9.42. The number of benzene rings is 1. The molecule has 0 aliphatic carbocycles. The van der Waals surface area contributed by atoms with E-state index < -0.39 is 0 Å². The first-order valence-electron chi connectivity index (χ1n) is 8.54. The van der Waals surface area contributed by atoms with Crippen molar-refractivity contribution >= 4 is 22.9 Å². The summed E-state index contributed by atoms with van der Waals surface area (Å²) < 4.78 is 5.46. The highest BCUT2D eigenvalue weighted by molar-refractivity contribution is 7.09. The molecule has 134 valence electrons. The van der Waals surface area contributed by atoms with Crippen LogP contribution in [-0.4, -0.2) is 55.6 Å². The van der Waals surface area contributed by atoms with Gasteiger partial charge in [0.2, 0.25) is 0 Å². The molecule has 0 unspecified atom stereocenters. The number of anilines is 1. The Kier molecular flexibility index (Phi) is 5.88. The van der Waals surface area contributed by atoms with Crippen LogP contribution in [0.2, 0.25) is 0 Å². The van der Waals surface area contributed by atoms with Crippen molar-refractivity contribution in [2.75, 3.05) is 44.7 Å². The molecule has 2 aromatic rings. The lowest BCUT2D eigenvalue weighted by molar-refractivity contribution is 0.0951. The molecular weight excluding hydrogens is 336 g/mol. The minimum atomic E-state index is -0.0917. The van der Waals surface area contributed by atoms with Crippen LogP contribution in [0.1, 0.15) is 22.4 Å². The van der Waals surface area contributed by atoms with Crippen LogP contribution in [0.3, 0.4) is 0 Å². The fourth-order valence-corrected chi connectivity index (χ4v) is 3.78. The average molecular weight is 360 g/mol. The summed E-state index contributed by atoms with van der Waals surface area (Å²) in [6.07, 6.45) is 0. The molecule has 7 heteroatoms. The Morgan fingerprint density at radius 1 is 1.28 bits per heavy atom.